The van der Waals surface area contributed by atoms with E-state index in [0.29, 0.717) is 25.7 Å². The van der Waals surface area contributed by atoms with E-state index in [2.05, 4.69) is 41.5 Å². The zero-order chi connectivity index (χ0) is 69.3. The Bertz CT molecular complexity index is 1820. The lowest BCUT2D eigenvalue weighted by atomic mass is 10.0. The van der Waals surface area contributed by atoms with Gasteiger partial charge in [0.25, 0.3) is 0 Å². The average Bonchev–Trinajstić information content (AvgIpc) is 1.68. The summed E-state index contributed by atoms with van der Waals surface area (Å²) in [5.74, 6) is -0.578. The molecule has 0 aliphatic rings. The molecule has 0 rings (SSSR count). The average molecular weight is 1380 g/mol. The lowest BCUT2D eigenvalue weighted by molar-refractivity contribution is -0.161. The highest BCUT2D eigenvalue weighted by molar-refractivity contribution is 7.47. The minimum absolute atomic E-state index is 0.106. The number of unbranched alkanes of at least 4 members (excludes halogenated alkanes) is 44. The number of ether oxygens (including phenoxy) is 4. The molecule has 3 N–H and O–H groups in total. The number of phosphoric acid groups is 2. The molecule has 0 saturated carbocycles. The highest BCUT2D eigenvalue weighted by atomic mass is 31.2. The zero-order valence-electron chi connectivity index (χ0n) is 61.3. The first-order chi connectivity index (χ1) is 45.4. The van der Waals surface area contributed by atoms with Gasteiger partial charge in [0.1, 0.15) is 19.3 Å². The molecular formula is C75H146O17P2. The summed E-state index contributed by atoms with van der Waals surface area (Å²) >= 11 is 0. The molecular weight excluding hydrogens is 1230 g/mol. The molecule has 0 saturated heterocycles. The Hall–Kier alpha value is -1.94. The van der Waals surface area contributed by atoms with Crippen molar-refractivity contribution in [1.29, 1.82) is 0 Å². The fraction of sp³-hybridized carbons (Fsp3) is 0.947. The van der Waals surface area contributed by atoms with E-state index in [9.17, 15) is 43.2 Å². The molecule has 0 heterocycles. The van der Waals surface area contributed by atoms with Crippen LogP contribution in [0.1, 0.15) is 388 Å². The van der Waals surface area contributed by atoms with Crippen molar-refractivity contribution in [1.82, 2.24) is 0 Å². The number of hydrogen-bond acceptors (Lipinski definition) is 15. The summed E-state index contributed by atoms with van der Waals surface area (Å²) < 4.78 is 68.5. The molecule has 0 amide bonds. The van der Waals surface area contributed by atoms with Crippen LogP contribution in [-0.4, -0.2) is 96.7 Å². The van der Waals surface area contributed by atoms with Crippen molar-refractivity contribution in [3.05, 3.63) is 0 Å². The van der Waals surface area contributed by atoms with E-state index in [1.54, 1.807) is 0 Å². The Kier molecular flexibility index (Phi) is 65.5. The molecule has 2 unspecified atom stereocenters. The van der Waals surface area contributed by atoms with Crippen molar-refractivity contribution in [2.24, 2.45) is 11.8 Å². The standard InChI is InChI=1S/C75H146O17P2/c1-7-9-11-13-15-17-18-19-20-21-24-27-34-40-46-52-58-73(78)86-64-71(91-74(79)59-53-47-41-35-28-25-22-23-26-32-37-43-49-55-67(3)4)66-90-94(83,84)88-62-69(76)61-87-93(81,82)89-65-70(63-85-72(77)57-51-45-39-31-16-14-12-10-8-2)92-75(80)60-54-48-42-36-30-29-33-38-44-50-56-68(5)6/h67-71,76H,7-66H2,1-6H3,(H,81,82)(H,83,84)/t69-,70+,71+/m0/s1. The molecule has 17 nitrogen and oxygen atoms in total. The predicted molar refractivity (Wildman–Crippen MR) is 381 cm³/mol. The fourth-order valence-electron chi connectivity index (χ4n) is 11.5. The summed E-state index contributed by atoms with van der Waals surface area (Å²) in [6.45, 7) is 9.58. The molecule has 0 spiro atoms. The Labute approximate surface area is 575 Å². The molecule has 19 heteroatoms. The summed E-state index contributed by atoms with van der Waals surface area (Å²) in [7, 11) is -9.91. The summed E-state index contributed by atoms with van der Waals surface area (Å²) in [5, 5.41) is 10.6. The number of esters is 4. The number of aliphatic hydroxyl groups is 1. The van der Waals surface area contributed by atoms with Crippen molar-refractivity contribution in [3.63, 3.8) is 0 Å². The second-order valence-corrected chi connectivity index (χ2v) is 30.9. The number of phosphoric ester groups is 2. The van der Waals surface area contributed by atoms with Gasteiger partial charge in [-0.15, -0.1) is 0 Å². The number of carbonyl (C=O) groups is 4. The van der Waals surface area contributed by atoms with Crippen LogP contribution in [0.5, 0.6) is 0 Å². The van der Waals surface area contributed by atoms with Crippen LogP contribution in [0.15, 0.2) is 0 Å². The van der Waals surface area contributed by atoms with Crippen LogP contribution >= 0.6 is 15.6 Å². The van der Waals surface area contributed by atoms with Crippen LogP contribution in [0, 0.1) is 11.8 Å². The second-order valence-electron chi connectivity index (χ2n) is 28.0. The minimum atomic E-state index is -4.96. The third kappa shape index (κ3) is 68.6. The van der Waals surface area contributed by atoms with Crippen LogP contribution < -0.4 is 0 Å². The topological polar surface area (TPSA) is 237 Å². The van der Waals surface area contributed by atoms with Crippen molar-refractivity contribution < 1.29 is 80.2 Å². The van der Waals surface area contributed by atoms with E-state index in [1.165, 1.54) is 205 Å². The van der Waals surface area contributed by atoms with Crippen LogP contribution in [0.25, 0.3) is 0 Å². The minimum Gasteiger partial charge on any atom is -0.462 e. The zero-order valence-corrected chi connectivity index (χ0v) is 63.1. The molecule has 94 heavy (non-hydrogen) atoms. The largest absolute Gasteiger partial charge is 0.472 e. The van der Waals surface area contributed by atoms with Gasteiger partial charge in [-0.3, -0.25) is 37.3 Å². The first kappa shape index (κ1) is 92.1. The van der Waals surface area contributed by atoms with Crippen molar-refractivity contribution in [3.8, 4) is 0 Å². The number of carbonyl (C=O) groups excluding carboxylic acids is 4. The van der Waals surface area contributed by atoms with E-state index in [-0.39, 0.29) is 25.7 Å². The third-order valence-electron chi connectivity index (χ3n) is 17.5. The highest BCUT2D eigenvalue weighted by Crippen LogP contribution is 2.45. The van der Waals surface area contributed by atoms with Gasteiger partial charge in [0.15, 0.2) is 12.2 Å². The highest BCUT2D eigenvalue weighted by Gasteiger charge is 2.30. The van der Waals surface area contributed by atoms with Crippen molar-refractivity contribution >= 4 is 39.5 Å². The first-order valence-corrected chi connectivity index (χ1v) is 42.0. The smallest absolute Gasteiger partial charge is 0.462 e. The van der Waals surface area contributed by atoms with Gasteiger partial charge in [-0.05, 0) is 37.5 Å². The maximum absolute atomic E-state index is 13.1. The molecule has 558 valence electrons. The number of hydrogen-bond donors (Lipinski definition) is 3. The normalized spacial score (nSPS) is 14.0. The van der Waals surface area contributed by atoms with Gasteiger partial charge in [-0.1, -0.05) is 337 Å². The van der Waals surface area contributed by atoms with Gasteiger partial charge in [0, 0.05) is 25.7 Å². The molecule has 5 atom stereocenters. The second kappa shape index (κ2) is 66.9. The Morgan fingerprint density at radius 1 is 0.287 bits per heavy atom. The van der Waals surface area contributed by atoms with Gasteiger partial charge in [-0.2, -0.15) is 0 Å². The van der Waals surface area contributed by atoms with E-state index < -0.39 is 97.5 Å². The summed E-state index contributed by atoms with van der Waals surface area (Å²) in [6.07, 6.45) is 54.0. The number of rotatable bonds is 74. The van der Waals surface area contributed by atoms with E-state index in [4.69, 9.17) is 37.0 Å². The first-order valence-electron chi connectivity index (χ1n) is 39.0. The molecule has 0 aliphatic carbocycles. The molecule has 0 aromatic rings. The van der Waals surface area contributed by atoms with Crippen molar-refractivity contribution in [2.75, 3.05) is 39.6 Å². The summed E-state index contributed by atoms with van der Waals surface area (Å²) in [6, 6.07) is 0. The van der Waals surface area contributed by atoms with Gasteiger partial charge in [0.2, 0.25) is 0 Å². The molecule has 0 fully saturated rings. The van der Waals surface area contributed by atoms with Gasteiger partial charge >= 0.3 is 39.5 Å². The van der Waals surface area contributed by atoms with Crippen molar-refractivity contribution in [2.45, 2.75) is 407 Å². The van der Waals surface area contributed by atoms with Crippen LogP contribution in [0.3, 0.4) is 0 Å². The van der Waals surface area contributed by atoms with E-state index >= 15 is 0 Å². The van der Waals surface area contributed by atoms with Crippen LogP contribution in [0.4, 0.5) is 0 Å². The molecule has 0 aliphatic heterocycles. The third-order valence-corrected chi connectivity index (χ3v) is 19.4. The monoisotopic (exact) mass is 1380 g/mol. The molecule has 0 aromatic heterocycles. The van der Waals surface area contributed by atoms with Gasteiger partial charge < -0.3 is 33.8 Å². The molecule has 0 radical (unpaired) electrons. The Morgan fingerprint density at radius 2 is 0.489 bits per heavy atom. The molecule has 0 aromatic carbocycles. The van der Waals surface area contributed by atoms with Crippen LogP contribution in [-0.2, 0) is 65.4 Å². The maximum atomic E-state index is 13.1. The van der Waals surface area contributed by atoms with E-state index in [1.807, 2.05) is 0 Å². The van der Waals surface area contributed by atoms with Gasteiger partial charge in [-0.25, -0.2) is 9.13 Å². The predicted octanol–water partition coefficient (Wildman–Crippen LogP) is 21.9. The SMILES string of the molecule is CCCCCCCCCCCCCCCCCCC(=O)OC[C@H](COP(=O)(O)OC[C@@H](O)COP(=O)(O)OC[C@@H](COC(=O)CCCCCCCCCCC)OC(=O)CCCCCCCCCCCCC(C)C)OC(=O)CCCCCCCCCCCCCCCC(C)C. The van der Waals surface area contributed by atoms with E-state index in [0.717, 1.165) is 102 Å². The van der Waals surface area contributed by atoms with Gasteiger partial charge in [0.05, 0.1) is 26.4 Å². The Morgan fingerprint density at radius 3 is 0.723 bits per heavy atom. The maximum Gasteiger partial charge on any atom is 0.472 e. The lowest BCUT2D eigenvalue weighted by Gasteiger charge is -2.21. The number of aliphatic hydroxyl groups excluding tert-OH is 1. The molecule has 0 bridgehead atoms. The summed E-state index contributed by atoms with van der Waals surface area (Å²) in [5.41, 5.74) is 0. The lowest BCUT2D eigenvalue weighted by Crippen LogP contribution is -2.30. The Balaban J connectivity index is 5.24. The summed E-state index contributed by atoms with van der Waals surface area (Å²) in [4.78, 5) is 72.7. The quantitative estimate of drug-likeness (QED) is 0.0222. The fourth-order valence-corrected chi connectivity index (χ4v) is 13.1. The van der Waals surface area contributed by atoms with Crippen LogP contribution in [0.2, 0.25) is 0 Å².